The van der Waals surface area contributed by atoms with E-state index in [1.54, 1.807) is 12.1 Å². The summed E-state index contributed by atoms with van der Waals surface area (Å²) in [7, 11) is 0. The number of aliphatic hydroxyl groups is 1. The van der Waals surface area contributed by atoms with Gasteiger partial charge in [-0.3, -0.25) is 9.69 Å². The zero-order valence-electron chi connectivity index (χ0n) is 12.4. The van der Waals surface area contributed by atoms with Crippen LogP contribution in [0.1, 0.15) is 18.4 Å². The van der Waals surface area contributed by atoms with Crippen molar-refractivity contribution in [2.45, 2.75) is 31.4 Å². The molecule has 2 heterocycles. The van der Waals surface area contributed by atoms with Gasteiger partial charge in [0.25, 0.3) is 0 Å². The molecule has 0 saturated carbocycles. The largest absolute Gasteiger partial charge is 0.506 e. The number of phenolic OH excluding ortho intramolecular Hbond substituents is 1. The molecule has 120 valence electrons. The molecule has 0 spiro atoms. The van der Waals surface area contributed by atoms with Crippen molar-refractivity contribution in [1.29, 1.82) is 0 Å². The van der Waals surface area contributed by atoms with Gasteiger partial charge in [-0.1, -0.05) is 17.7 Å². The first-order valence-electron chi connectivity index (χ1n) is 7.70. The molecule has 0 radical (unpaired) electrons. The van der Waals surface area contributed by atoms with Crippen molar-refractivity contribution >= 4 is 17.5 Å². The van der Waals surface area contributed by atoms with Gasteiger partial charge in [0, 0.05) is 32.2 Å². The molecule has 1 aromatic rings. The Balaban J connectivity index is 1.50. The van der Waals surface area contributed by atoms with Crippen molar-refractivity contribution in [3.05, 3.63) is 28.8 Å². The molecule has 2 saturated heterocycles. The average Bonchev–Trinajstić information content (AvgIpc) is 2.48. The first-order chi connectivity index (χ1) is 10.5. The van der Waals surface area contributed by atoms with E-state index in [9.17, 15) is 15.0 Å². The molecule has 1 amide bonds. The van der Waals surface area contributed by atoms with Crippen LogP contribution in [-0.4, -0.2) is 64.2 Å². The van der Waals surface area contributed by atoms with E-state index < -0.39 is 0 Å². The second-order valence-corrected chi connectivity index (χ2v) is 6.59. The molecular formula is C16H21ClN2O3. The van der Waals surface area contributed by atoms with E-state index in [4.69, 9.17) is 11.6 Å². The highest BCUT2D eigenvalue weighted by atomic mass is 35.5. The molecular weight excluding hydrogens is 304 g/mol. The fraction of sp³-hybridized carbons (Fsp3) is 0.562. The monoisotopic (exact) mass is 324 g/mol. The van der Waals surface area contributed by atoms with Crippen molar-refractivity contribution in [2.24, 2.45) is 0 Å². The van der Waals surface area contributed by atoms with Gasteiger partial charge >= 0.3 is 0 Å². The van der Waals surface area contributed by atoms with Crippen LogP contribution in [0, 0.1) is 0 Å². The van der Waals surface area contributed by atoms with Gasteiger partial charge in [-0.15, -0.1) is 0 Å². The average molecular weight is 325 g/mol. The lowest BCUT2D eigenvalue weighted by molar-refractivity contribution is -0.132. The van der Waals surface area contributed by atoms with Crippen LogP contribution in [0.25, 0.3) is 0 Å². The Kier molecular flexibility index (Phi) is 4.57. The highest BCUT2D eigenvalue weighted by Crippen LogP contribution is 2.25. The molecule has 1 aromatic carbocycles. The molecule has 2 aliphatic heterocycles. The fourth-order valence-corrected chi connectivity index (χ4v) is 3.42. The number of halogens is 1. The molecule has 2 N–H and O–H groups in total. The van der Waals surface area contributed by atoms with Gasteiger partial charge in [0.2, 0.25) is 5.91 Å². The lowest BCUT2D eigenvalue weighted by Gasteiger charge is -2.45. The number of likely N-dealkylation sites (tertiary alicyclic amines) is 2. The third-order valence-corrected chi connectivity index (χ3v) is 4.89. The number of nitrogens with zero attached hydrogens (tertiary/aromatic N) is 2. The van der Waals surface area contributed by atoms with Crippen LogP contribution in [0.15, 0.2) is 18.2 Å². The number of aromatic hydroxyl groups is 1. The number of carbonyl (C=O) groups excluding carboxylic acids is 1. The van der Waals surface area contributed by atoms with Gasteiger partial charge in [-0.2, -0.15) is 0 Å². The van der Waals surface area contributed by atoms with Gasteiger partial charge in [0.1, 0.15) is 5.75 Å². The highest BCUT2D eigenvalue weighted by molar-refractivity contribution is 6.32. The molecule has 2 fully saturated rings. The number of rotatable bonds is 3. The number of phenols is 1. The molecule has 3 rings (SSSR count). The molecule has 5 nitrogen and oxygen atoms in total. The zero-order valence-corrected chi connectivity index (χ0v) is 13.2. The molecule has 0 unspecified atom stereocenters. The lowest BCUT2D eigenvalue weighted by Crippen LogP contribution is -2.58. The minimum Gasteiger partial charge on any atom is -0.506 e. The molecule has 0 atom stereocenters. The van der Waals surface area contributed by atoms with Crippen molar-refractivity contribution in [3.8, 4) is 5.75 Å². The topological polar surface area (TPSA) is 64.0 Å². The maximum atomic E-state index is 12.3. The standard InChI is InChI=1S/C16H21ClN2O3/c17-14-7-11(1-2-15(14)21)8-16(22)18-5-3-12(4-6-18)19-9-13(20)10-19/h1-2,7,12-13,20-21H,3-6,8-10H2. The van der Waals surface area contributed by atoms with Gasteiger partial charge in [-0.25, -0.2) is 0 Å². The van der Waals surface area contributed by atoms with Crippen molar-refractivity contribution in [3.63, 3.8) is 0 Å². The summed E-state index contributed by atoms with van der Waals surface area (Å²) in [6, 6.07) is 5.39. The number of hydrogen-bond acceptors (Lipinski definition) is 4. The van der Waals surface area contributed by atoms with Crippen LogP contribution in [-0.2, 0) is 11.2 Å². The van der Waals surface area contributed by atoms with E-state index in [1.807, 2.05) is 4.90 Å². The minimum atomic E-state index is -0.168. The van der Waals surface area contributed by atoms with Crippen LogP contribution < -0.4 is 0 Å². The van der Waals surface area contributed by atoms with Crippen molar-refractivity contribution < 1.29 is 15.0 Å². The summed E-state index contributed by atoms with van der Waals surface area (Å²) in [5.74, 6) is 0.138. The predicted octanol–water partition coefficient (Wildman–Crippen LogP) is 1.26. The van der Waals surface area contributed by atoms with Crippen LogP contribution in [0.4, 0.5) is 0 Å². The maximum absolute atomic E-state index is 12.3. The number of amides is 1. The van der Waals surface area contributed by atoms with E-state index in [0.717, 1.165) is 44.6 Å². The number of aliphatic hydroxyl groups excluding tert-OH is 1. The third kappa shape index (κ3) is 3.37. The molecule has 0 bridgehead atoms. The summed E-state index contributed by atoms with van der Waals surface area (Å²) in [5, 5.41) is 19.0. The summed E-state index contributed by atoms with van der Waals surface area (Å²) < 4.78 is 0. The normalized spacial score (nSPS) is 20.9. The van der Waals surface area contributed by atoms with E-state index in [2.05, 4.69) is 4.90 Å². The number of carbonyl (C=O) groups is 1. The van der Waals surface area contributed by atoms with Crippen molar-refractivity contribution in [1.82, 2.24) is 9.80 Å². The van der Waals surface area contributed by atoms with Crippen LogP contribution in [0.5, 0.6) is 5.75 Å². The quantitative estimate of drug-likeness (QED) is 0.878. The van der Waals surface area contributed by atoms with Gasteiger partial charge in [0.05, 0.1) is 17.5 Å². The Morgan fingerprint density at radius 1 is 1.27 bits per heavy atom. The summed E-state index contributed by atoms with van der Waals surface area (Å²) in [6.07, 6.45) is 2.08. The summed E-state index contributed by atoms with van der Waals surface area (Å²) >= 11 is 5.87. The predicted molar refractivity (Wildman–Crippen MR) is 84.0 cm³/mol. The van der Waals surface area contributed by atoms with Gasteiger partial charge in [-0.05, 0) is 30.5 Å². The third-order valence-electron chi connectivity index (χ3n) is 4.59. The summed E-state index contributed by atoms with van der Waals surface area (Å²) in [6.45, 7) is 3.07. The van der Waals surface area contributed by atoms with Crippen LogP contribution in [0.3, 0.4) is 0 Å². The maximum Gasteiger partial charge on any atom is 0.226 e. The SMILES string of the molecule is O=C(Cc1ccc(O)c(Cl)c1)N1CCC(N2CC(O)C2)CC1. The number of β-amino-alcohol motifs (C(OH)–C–C–N with tert-alkyl or cyclic N) is 1. The van der Waals surface area contributed by atoms with Crippen molar-refractivity contribution in [2.75, 3.05) is 26.2 Å². The van der Waals surface area contributed by atoms with Crippen LogP contribution >= 0.6 is 11.6 Å². The van der Waals surface area contributed by atoms with E-state index in [-0.39, 0.29) is 22.8 Å². The lowest BCUT2D eigenvalue weighted by atomic mass is 9.98. The Morgan fingerprint density at radius 2 is 1.95 bits per heavy atom. The van der Waals surface area contributed by atoms with E-state index in [1.165, 1.54) is 6.07 Å². The Hall–Kier alpha value is -1.30. The second-order valence-electron chi connectivity index (χ2n) is 6.18. The second kappa shape index (κ2) is 6.44. The Bertz CT molecular complexity index is 552. The van der Waals surface area contributed by atoms with Gasteiger partial charge < -0.3 is 15.1 Å². The first kappa shape index (κ1) is 15.6. The Labute approximate surface area is 135 Å². The number of hydrogen-bond donors (Lipinski definition) is 2. The number of benzene rings is 1. The zero-order chi connectivity index (χ0) is 15.7. The minimum absolute atomic E-state index is 0.0374. The number of piperidine rings is 1. The summed E-state index contributed by atoms with van der Waals surface area (Å²) in [4.78, 5) is 16.5. The molecule has 0 aromatic heterocycles. The fourth-order valence-electron chi connectivity index (χ4n) is 3.21. The Morgan fingerprint density at radius 3 is 2.55 bits per heavy atom. The summed E-state index contributed by atoms with van der Waals surface area (Å²) in [5.41, 5.74) is 0.820. The molecule has 2 aliphatic rings. The van der Waals surface area contributed by atoms with E-state index >= 15 is 0 Å². The van der Waals surface area contributed by atoms with E-state index in [0.29, 0.717) is 12.5 Å². The first-order valence-corrected chi connectivity index (χ1v) is 8.08. The smallest absolute Gasteiger partial charge is 0.226 e. The highest BCUT2D eigenvalue weighted by Gasteiger charge is 2.33. The molecule has 6 heteroatoms. The van der Waals surface area contributed by atoms with Gasteiger partial charge in [0.15, 0.2) is 0 Å². The molecule has 22 heavy (non-hydrogen) atoms. The van der Waals surface area contributed by atoms with Crippen LogP contribution in [0.2, 0.25) is 5.02 Å². The molecule has 0 aliphatic carbocycles.